The first-order valence-electron chi connectivity index (χ1n) is 3.02. The van der Waals surface area contributed by atoms with Crippen molar-refractivity contribution >= 4 is 0 Å². The highest BCUT2D eigenvalue weighted by molar-refractivity contribution is 5.07. The Balaban J connectivity index is 2.85. The fourth-order valence-electron chi connectivity index (χ4n) is 0.698. The summed E-state index contributed by atoms with van der Waals surface area (Å²) in [5.41, 5.74) is 5.53. The summed E-state index contributed by atoms with van der Waals surface area (Å²) in [7, 11) is 0. The highest BCUT2D eigenvalue weighted by Gasteiger charge is 2.01. The highest BCUT2D eigenvalue weighted by atomic mass is 16.3. The highest BCUT2D eigenvalue weighted by Crippen LogP contribution is 2.12. The lowest BCUT2D eigenvalue weighted by atomic mass is 10.3. The van der Waals surface area contributed by atoms with E-state index in [1.54, 1.807) is 0 Å². The fraction of sp³-hybridized carbons (Fsp3) is 0.429. The number of hydrogen-bond donors (Lipinski definition) is 1. The Labute approximate surface area is 54.7 Å². The van der Waals surface area contributed by atoms with Crippen molar-refractivity contribution in [3.63, 3.8) is 0 Å². The molecule has 2 nitrogen and oxygen atoms in total. The molecule has 0 aliphatic carbocycles. The van der Waals surface area contributed by atoms with Gasteiger partial charge in [0, 0.05) is 0 Å². The first kappa shape index (κ1) is 6.36. The summed E-state index contributed by atoms with van der Waals surface area (Å²) in [5, 5.41) is 0. The molecule has 0 saturated carbocycles. The van der Waals surface area contributed by atoms with E-state index in [0.29, 0.717) is 0 Å². The maximum absolute atomic E-state index is 5.53. The van der Waals surface area contributed by atoms with Crippen molar-refractivity contribution in [3.8, 4) is 0 Å². The molecule has 2 N–H and O–H groups in total. The molecule has 0 bridgehead atoms. The lowest BCUT2D eigenvalue weighted by molar-refractivity contribution is 0.457. The van der Waals surface area contributed by atoms with E-state index in [1.807, 2.05) is 26.0 Å². The largest absolute Gasteiger partial charge is 0.465 e. The average molecular weight is 125 g/mol. The summed E-state index contributed by atoms with van der Waals surface area (Å²) in [6.07, 6.45) is 0. The predicted molar refractivity (Wildman–Crippen MR) is 36.0 cm³/mol. The maximum Gasteiger partial charge on any atom is 0.120 e. The molecule has 1 heterocycles. The standard InChI is InChI=1S/C7H11NO/c1-5-3-4-7(9-5)6(2)8/h3-4,6H,8H2,1-2H3. The minimum absolute atomic E-state index is 0.0127. The molecule has 0 aromatic carbocycles. The second-order valence-corrected chi connectivity index (χ2v) is 2.24. The molecule has 1 aromatic rings. The van der Waals surface area contributed by atoms with Gasteiger partial charge in [-0.25, -0.2) is 0 Å². The van der Waals surface area contributed by atoms with Crippen LogP contribution in [0.5, 0.6) is 0 Å². The molecule has 0 spiro atoms. The van der Waals surface area contributed by atoms with Gasteiger partial charge in [-0.15, -0.1) is 0 Å². The Morgan fingerprint density at radius 2 is 2.22 bits per heavy atom. The lowest BCUT2D eigenvalue weighted by Gasteiger charge is -1.96. The van der Waals surface area contributed by atoms with Gasteiger partial charge in [0.1, 0.15) is 11.5 Å². The van der Waals surface area contributed by atoms with Gasteiger partial charge in [0.05, 0.1) is 6.04 Å². The Morgan fingerprint density at radius 1 is 1.56 bits per heavy atom. The topological polar surface area (TPSA) is 39.2 Å². The van der Waals surface area contributed by atoms with Crippen LogP contribution < -0.4 is 5.73 Å². The molecule has 0 saturated heterocycles. The second-order valence-electron chi connectivity index (χ2n) is 2.24. The zero-order chi connectivity index (χ0) is 6.85. The van der Waals surface area contributed by atoms with E-state index in [4.69, 9.17) is 10.2 Å². The van der Waals surface area contributed by atoms with E-state index in [0.717, 1.165) is 11.5 Å². The molecule has 1 atom stereocenters. The minimum atomic E-state index is 0.0127. The van der Waals surface area contributed by atoms with Gasteiger partial charge in [-0.1, -0.05) is 0 Å². The quantitative estimate of drug-likeness (QED) is 0.619. The first-order chi connectivity index (χ1) is 4.20. The summed E-state index contributed by atoms with van der Waals surface area (Å²) in [6, 6.07) is 3.83. The van der Waals surface area contributed by atoms with Crippen LogP contribution in [0.15, 0.2) is 16.5 Å². The van der Waals surface area contributed by atoms with Crippen LogP contribution in [0.2, 0.25) is 0 Å². The Kier molecular flexibility index (Phi) is 1.58. The van der Waals surface area contributed by atoms with E-state index in [9.17, 15) is 0 Å². The van der Waals surface area contributed by atoms with Crippen molar-refractivity contribution < 1.29 is 4.42 Å². The van der Waals surface area contributed by atoms with Crippen LogP contribution in [-0.2, 0) is 0 Å². The lowest BCUT2D eigenvalue weighted by Crippen LogP contribution is -2.02. The summed E-state index contributed by atoms with van der Waals surface area (Å²) < 4.78 is 5.22. The molecule has 2 heteroatoms. The third-order valence-electron chi connectivity index (χ3n) is 1.21. The normalized spacial score (nSPS) is 13.7. The minimum Gasteiger partial charge on any atom is -0.465 e. The van der Waals surface area contributed by atoms with Gasteiger partial charge < -0.3 is 10.2 Å². The van der Waals surface area contributed by atoms with Gasteiger partial charge in [-0.05, 0) is 26.0 Å². The summed E-state index contributed by atoms with van der Waals surface area (Å²) >= 11 is 0. The van der Waals surface area contributed by atoms with E-state index in [1.165, 1.54) is 0 Å². The maximum atomic E-state index is 5.53. The average Bonchev–Trinajstić information content (AvgIpc) is 2.14. The number of hydrogen-bond acceptors (Lipinski definition) is 2. The van der Waals surface area contributed by atoms with E-state index in [2.05, 4.69) is 0 Å². The molecule has 50 valence electrons. The zero-order valence-electron chi connectivity index (χ0n) is 5.72. The molecular weight excluding hydrogens is 114 g/mol. The third kappa shape index (κ3) is 1.33. The molecule has 0 fully saturated rings. The van der Waals surface area contributed by atoms with Gasteiger partial charge in [0.15, 0.2) is 0 Å². The van der Waals surface area contributed by atoms with Crippen LogP contribution in [-0.4, -0.2) is 0 Å². The van der Waals surface area contributed by atoms with Gasteiger partial charge in [-0.3, -0.25) is 0 Å². The molecule has 1 aromatic heterocycles. The van der Waals surface area contributed by atoms with E-state index in [-0.39, 0.29) is 6.04 Å². The van der Waals surface area contributed by atoms with Gasteiger partial charge >= 0.3 is 0 Å². The SMILES string of the molecule is Cc1ccc(C(C)N)o1. The molecule has 0 aliphatic rings. The van der Waals surface area contributed by atoms with E-state index >= 15 is 0 Å². The van der Waals surface area contributed by atoms with Crippen LogP contribution in [0.25, 0.3) is 0 Å². The van der Waals surface area contributed by atoms with Crippen LogP contribution in [0.1, 0.15) is 24.5 Å². The molecule has 9 heavy (non-hydrogen) atoms. The fourth-order valence-corrected chi connectivity index (χ4v) is 0.698. The molecule has 0 amide bonds. The van der Waals surface area contributed by atoms with Crippen LogP contribution in [0.3, 0.4) is 0 Å². The third-order valence-corrected chi connectivity index (χ3v) is 1.21. The van der Waals surface area contributed by atoms with Crippen LogP contribution in [0.4, 0.5) is 0 Å². The first-order valence-corrected chi connectivity index (χ1v) is 3.02. The number of aryl methyl sites for hydroxylation is 1. The molecule has 0 radical (unpaired) electrons. The van der Waals surface area contributed by atoms with Gasteiger partial charge in [0.25, 0.3) is 0 Å². The number of rotatable bonds is 1. The molecule has 1 unspecified atom stereocenters. The van der Waals surface area contributed by atoms with Crippen molar-refractivity contribution in [2.45, 2.75) is 19.9 Å². The summed E-state index contributed by atoms with van der Waals surface area (Å²) in [6.45, 7) is 3.81. The van der Waals surface area contributed by atoms with Crippen molar-refractivity contribution in [2.24, 2.45) is 5.73 Å². The second kappa shape index (κ2) is 2.23. The summed E-state index contributed by atoms with van der Waals surface area (Å²) in [4.78, 5) is 0. The molecule has 0 aliphatic heterocycles. The zero-order valence-corrected chi connectivity index (χ0v) is 5.72. The Hall–Kier alpha value is -0.760. The smallest absolute Gasteiger partial charge is 0.120 e. The van der Waals surface area contributed by atoms with Crippen LogP contribution in [0, 0.1) is 6.92 Å². The monoisotopic (exact) mass is 125 g/mol. The summed E-state index contributed by atoms with van der Waals surface area (Å²) in [5.74, 6) is 1.77. The van der Waals surface area contributed by atoms with Crippen molar-refractivity contribution in [1.82, 2.24) is 0 Å². The van der Waals surface area contributed by atoms with Gasteiger partial charge in [-0.2, -0.15) is 0 Å². The molecule has 1 rings (SSSR count). The van der Waals surface area contributed by atoms with Crippen molar-refractivity contribution in [2.75, 3.05) is 0 Å². The Morgan fingerprint density at radius 3 is 2.44 bits per heavy atom. The number of furan rings is 1. The van der Waals surface area contributed by atoms with Crippen molar-refractivity contribution in [1.29, 1.82) is 0 Å². The van der Waals surface area contributed by atoms with Gasteiger partial charge in [0.2, 0.25) is 0 Å². The predicted octanol–water partition coefficient (Wildman–Crippen LogP) is 1.61. The number of nitrogens with two attached hydrogens (primary N) is 1. The van der Waals surface area contributed by atoms with Crippen LogP contribution >= 0.6 is 0 Å². The Bertz CT molecular complexity index is 191. The molecular formula is C7H11NO. The van der Waals surface area contributed by atoms with E-state index < -0.39 is 0 Å². The van der Waals surface area contributed by atoms with Crippen molar-refractivity contribution in [3.05, 3.63) is 23.7 Å².